The smallest absolute Gasteiger partial charge is 0.252 e. The number of halogens is 2. The average molecular weight is 346 g/mol. The summed E-state index contributed by atoms with van der Waals surface area (Å²) in [5, 5.41) is 10.1. The molecule has 0 saturated carbocycles. The summed E-state index contributed by atoms with van der Waals surface area (Å²) >= 11 is 0. The highest BCUT2D eigenvalue weighted by atomic mass is 35.5. The molecule has 0 aliphatic carbocycles. The molecule has 0 spiro atoms. The van der Waals surface area contributed by atoms with Crippen molar-refractivity contribution in [1.29, 1.82) is 0 Å². The van der Waals surface area contributed by atoms with Crippen LogP contribution < -0.4 is 10.6 Å². The Bertz CT molecular complexity index is 598. The average Bonchev–Trinajstić information content (AvgIpc) is 2.78. The van der Waals surface area contributed by atoms with Crippen molar-refractivity contribution in [2.24, 2.45) is 0 Å². The molecular formula is C14H21Cl2N5O. The molecule has 0 unspecified atom stereocenters. The molecule has 0 aliphatic rings. The molecule has 22 heavy (non-hydrogen) atoms. The van der Waals surface area contributed by atoms with Crippen LogP contribution in [-0.4, -0.2) is 40.8 Å². The molecule has 0 radical (unpaired) electrons. The number of hydrogen-bond acceptors (Lipinski definition) is 4. The van der Waals surface area contributed by atoms with Gasteiger partial charge in [-0.2, -0.15) is 5.10 Å². The zero-order valence-electron chi connectivity index (χ0n) is 12.8. The van der Waals surface area contributed by atoms with Gasteiger partial charge in [-0.15, -0.1) is 24.8 Å². The van der Waals surface area contributed by atoms with Gasteiger partial charge in [0.2, 0.25) is 0 Å². The van der Waals surface area contributed by atoms with Gasteiger partial charge in [-0.25, -0.2) is 9.67 Å². The topological polar surface area (TPSA) is 71.8 Å². The van der Waals surface area contributed by atoms with E-state index in [1.807, 2.05) is 27.0 Å². The molecule has 6 nitrogen and oxygen atoms in total. The highest BCUT2D eigenvalue weighted by molar-refractivity contribution is 5.93. The summed E-state index contributed by atoms with van der Waals surface area (Å²) in [4.78, 5) is 16.1. The molecule has 122 valence electrons. The Kier molecular flexibility index (Phi) is 8.70. The first-order valence-corrected chi connectivity index (χ1v) is 6.54. The Morgan fingerprint density at radius 3 is 2.45 bits per heavy atom. The monoisotopic (exact) mass is 345 g/mol. The third-order valence-corrected chi connectivity index (χ3v) is 2.90. The normalized spacial score (nSPS) is 9.59. The molecule has 2 aromatic heterocycles. The summed E-state index contributed by atoms with van der Waals surface area (Å²) in [5.41, 5.74) is 2.51. The maximum atomic E-state index is 11.8. The summed E-state index contributed by atoms with van der Waals surface area (Å²) in [7, 11) is 1.84. The molecule has 1 amide bonds. The van der Waals surface area contributed by atoms with Crippen LogP contribution >= 0.6 is 24.8 Å². The van der Waals surface area contributed by atoms with Crippen LogP contribution in [0.5, 0.6) is 0 Å². The lowest BCUT2D eigenvalue weighted by atomic mass is 10.2. The van der Waals surface area contributed by atoms with Crippen LogP contribution in [0, 0.1) is 13.8 Å². The van der Waals surface area contributed by atoms with Gasteiger partial charge in [-0.1, -0.05) is 0 Å². The van der Waals surface area contributed by atoms with Gasteiger partial charge in [-0.3, -0.25) is 4.79 Å². The minimum Gasteiger partial charge on any atom is -0.351 e. The maximum absolute atomic E-state index is 11.8. The summed E-state index contributed by atoms with van der Waals surface area (Å²) in [6.45, 7) is 5.24. The van der Waals surface area contributed by atoms with Crippen LogP contribution in [0.1, 0.15) is 21.7 Å². The molecule has 8 heteroatoms. The molecule has 0 saturated heterocycles. The molecule has 0 aromatic carbocycles. The molecule has 2 heterocycles. The van der Waals surface area contributed by atoms with Gasteiger partial charge >= 0.3 is 0 Å². The number of aryl methyl sites for hydroxylation is 2. The second-order valence-electron chi connectivity index (χ2n) is 4.60. The number of nitrogens with one attached hydrogen (secondary N) is 2. The lowest BCUT2D eigenvalue weighted by Crippen LogP contribution is -2.30. The summed E-state index contributed by atoms with van der Waals surface area (Å²) in [6.07, 6.45) is 1.57. The number of amides is 1. The second-order valence-corrected chi connectivity index (χ2v) is 4.60. The number of likely N-dealkylation sites (N-methyl/N-ethyl adjacent to an activating group) is 1. The number of pyridine rings is 1. The Morgan fingerprint density at radius 2 is 1.95 bits per heavy atom. The molecule has 0 atom stereocenters. The third kappa shape index (κ3) is 4.98. The third-order valence-electron chi connectivity index (χ3n) is 2.90. The predicted molar refractivity (Wildman–Crippen MR) is 91.6 cm³/mol. The largest absolute Gasteiger partial charge is 0.351 e. The van der Waals surface area contributed by atoms with E-state index in [-0.39, 0.29) is 30.7 Å². The summed E-state index contributed by atoms with van der Waals surface area (Å²) < 4.78 is 1.76. The number of rotatable bonds is 5. The molecule has 0 aliphatic heterocycles. The van der Waals surface area contributed by atoms with Crippen molar-refractivity contribution in [2.45, 2.75) is 13.8 Å². The van der Waals surface area contributed by atoms with Gasteiger partial charge in [-0.05, 0) is 39.1 Å². The fourth-order valence-electron chi connectivity index (χ4n) is 1.91. The van der Waals surface area contributed by atoms with E-state index in [2.05, 4.69) is 20.7 Å². The van der Waals surface area contributed by atoms with E-state index < -0.39 is 0 Å². The van der Waals surface area contributed by atoms with Crippen LogP contribution in [0.4, 0.5) is 0 Å². The molecule has 2 N–H and O–H groups in total. The van der Waals surface area contributed by atoms with E-state index in [9.17, 15) is 4.79 Å². The van der Waals surface area contributed by atoms with Gasteiger partial charge in [0.1, 0.15) is 0 Å². The summed E-state index contributed by atoms with van der Waals surface area (Å²) in [6, 6.07) is 5.54. The van der Waals surface area contributed by atoms with Crippen LogP contribution in [0.15, 0.2) is 24.4 Å². The van der Waals surface area contributed by atoms with Crippen molar-refractivity contribution >= 4 is 30.7 Å². The van der Waals surface area contributed by atoms with Gasteiger partial charge in [0.15, 0.2) is 5.82 Å². The standard InChI is InChI=1S/C14H19N5O.2ClH/c1-10-8-11(2)19(18-10)13-5-4-12(9-17-13)14(20)16-7-6-15-3;;/h4-5,8-9,15H,6-7H2,1-3H3,(H,16,20);2*1H. The Labute approximate surface area is 142 Å². The van der Waals surface area contributed by atoms with Gasteiger partial charge in [0.25, 0.3) is 5.91 Å². The minimum atomic E-state index is -0.118. The van der Waals surface area contributed by atoms with Crippen molar-refractivity contribution in [3.63, 3.8) is 0 Å². The number of hydrogen-bond donors (Lipinski definition) is 2. The molecule has 0 fully saturated rings. The van der Waals surface area contributed by atoms with Crippen molar-refractivity contribution in [3.8, 4) is 5.82 Å². The van der Waals surface area contributed by atoms with E-state index >= 15 is 0 Å². The summed E-state index contributed by atoms with van der Waals surface area (Å²) in [5.74, 6) is 0.593. The first kappa shape index (κ1) is 20.4. The van der Waals surface area contributed by atoms with Crippen LogP contribution in [0.2, 0.25) is 0 Å². The van der Waals surface area contributed by atoms with E-state index in [4.69, 9.17) is 0 Å². The SMILES string of the molecule is CNCCNC(=O)c1ccc(-n2nc(C)cc2C)nc1.Cl.Cl. The highest BCUT2D eigenvalue weighted by Crippen LogP contribution is 2.10. The van der Waals surface area contributed by atoms with Crippen molar-refractivity contribution in [1.82, 2.24) is 25.4 Å². The highest BCUT2D eigenvalue weighted by Gasteiger charge is 2.08. The second kappa shape index (κ2) is 9.40. The number of carbonyl (C=O) groups is 1. The number of aromatic nitrogens is 3. The lowest BCUT2D eigenvalue weighted by molar-refractivity contribution is 0.0954. The first-order chi connectivity index (χ1) is 9.61. The number of carbonyl (C=O) groups excluding carboxylic acids is 1. The first-order valence-electron chi connectivity index (χ1n) is 6.54. The van der Waals surface area contributed by atoms with Crippen LogP contribution in [-0.2, 0) is 0 Å². The lowest BCUT2D eigenvalue weighted by Gasteiger charge is -2.06. The fourth-order valence-corrected chi connectivity index (χ4v) is 1.91. The zero-order chi connectivity index (χ0) is 14.5. The van der Waals surface area contributed by atoms with Gasteiger partial charge in [0, 0.05) is 25.0 Å². The Balaban J connectivity index is 0.00000220. The molecule has 2 aromatic rings. The quantitative estimate of drug-likeness (QED) is 0.808. The zero-order valence-corrected chi connectivity index (χ0v) is 14.4. The minimum absolute atomic E-state index is 0. The van der Waals surface area contributed by atoms with Crippen molar-refractivity contribution < 1.29 is 4.79 Å². The van der Waals surface area contributed by atoms with Crippen LogP contribution in [0.3, 0.4) is 0 Å². The predicted octanol–water partition coefficient (Wildman–Crippen LogP) is 1.68. The molecule has 2 rings (SSSR count). The van der Waals surface area contributed by atoms with Gasteiger partial charge < -0.3 is 10.6 Å². The van der Waals surface area contributed by atoms with E-state index in [1.165, 1.54) is 0 Å². The number of nitrogens with zero attached hydrogens (tertiary/aromatic N) is 3. The van der Waals surface area contributed by atoms with E-state index in [1.54, 1.807) is 23.0 Å². The Morgan fingerprint density at radius 1 is 1.23 bits per heavy atom. The maximum Gasteiger partial charge on any atom is 0.252 e. The molecule has 0 bridgehead atoms. The molecular weight excluding hydrogens is 325 g/mol. The van der Waals surface area contributed by atoms with Crippen molar-refractivity contribution in [2.75, 3.05) is 20.1 Å². The fraction of sp³-hybridized carbons (Fsp3) is 0.357. The van der Waals surface area contributed by atoms with E-state index in [0.29, 0.717) is 17.9 Å². The Hall–Kier alpha value is -1.63. The van der Waals surface area contributed by atoms with Crippen molar-refractivity contribution in [3.05, 3.63) is 41.3 Å². The van der Waals surface area contributed by atoms with E-state index in [0.717, 1.165) is 17.9 Å². The van der Waals surface area contributed by atoms with Gasteiger partial charge in [0.05, 0.1) is 11.3 Å². The van der Waals surface area contributed by atoms with Crippen LogP contribution in [0.25, 0.3) is 5.82 Å².